The lowest BCUT2D eigenvalue weighted by atomic mass is 10.0. The lowest BCUT2D eigenvalue weighted by Gasteiger charge is -2.15. The molecular formula is C13H26N2O3. The van der Waals surface area contributed by atoms with Crippen LogP contribution in [0.4, 0.5) is 4.79 Å². The highest BCUT2D eigenvalue weighted by Crippen LogP contribution is 2.08. The number of carbonyl (C=O) groups excluding carboxylic acids is 1. The van der Waals surface area contributed by atoms with E-state index in [4.69, 9.17) is 5.11 Å². The Morgan fingerprint density at radius 2 is 1.78 bits per heavy atom. The van der Waals surface area contributed by atoms with E-state index in [0.717, 1.165) is 18.8 Å². The number of hydrogen-bond acceptors (Lipinski definition) is 2. The molecule has 5 heteroatoms. The lowest BCUT2D eigenvalue weighted by molar-refractivity contribution is -0.137. The van der Waals surface area contributed by atoms with Gasteiger partial charge in [-0.3, -0.25) is 4.79 Å². The van der Waals surface area contributed by atoms with E-state index in [-0.39, 0.29) is 12.6 Å². The topological polar surface area (TPSA) is 69.6 Å². The summed E-state index contributed by atoms with van der Waals surface area (Å²) in [5, 5.41) is 11.2. The summed E-state index contributed by atoms with van der Waals surface area (Å²) in [5.41, 5.74) is 0. The van der Waals surface area contributed by atoms with Crippen LogP contribution < -0.4 is 5.32 Å². The average Bonchev–Trinajstić information content (AvgIpc) is 2.26. The fourth-order valence-corrected chi connectivity index (χ4v) is 1.64. The van der Waals surface area contributed by atoms with Crippen molar-refractivity contribution in [2.24, 2.45) is 5.92 Å². The minimum Gasteiger partial charge on any atom is -0.480 e. The molecule has 0 unspecified atom stereocenters. The Kier molecular flexibility index (Phi) is 9.06. The molecule has 0 aromatic heterocycles. The van der Waals surface area contributed by atoms with Gasteiger partial charge in [0.1, 0.15) is 6.54 Å². The van der Waals surface area contributed by atoms with Crippen molar-refractivity contribution in [3.8, 4) is 0 Å². The summed E-state index contributed by atoms with van der Waals surface area (Å²) in [6.45, 7) is 4.79. The van der Waals surface area contributed by atoms with Gasteiger partial charge in [-0.1, -0.05) is 39.5 Å². The Balaban J connectivity index is 3.43. The maximum absolute atomic E-state index is 11.4. The SMILES string of the molecule is CC(C)CCCCCCNC(=O)N(C)CC(=O)O. The molecule has 0 fully saturated rings. The summed E-state index contributed by atoms with van der Waals surface area (Å²) < 4.78 is 0. The highest BCUT2D eigenvalue weighted by Gasteiger charge is 2.10. The van der Waals surface area contributed by atoms with Crippen molar-refractivity contribution in [2.75, 3.05) is 20.1 Å². The van der Waals surface area contributed by atoms with Crippen LogP contribution in [0.1, 0.15) is 46.0 Å². The molecular weight excluding hydrogens is 232 g/mol. The molecule has 0 heterocycles. The van der Waals surface area contributed by atoms with Gasteiger partial charge in [0, 0.05) is 13.6 Å². The Morgan fingerprint density at radius 3 is 2.33 bits per heavy atom. The van der Waals surface area contributed by atoms with Gasteiger partial charge in [-0.2, -0.15) is 0 Å². The molecule has 0 saturated heterocycles. The van der Waals surface area contributed by atoms with Crippen LogP contribution in [0.15, 0.2) is 0 Å². The van der Waals surface area contributed by atoms with Crippen LogP contribution in [0.5, 0.6) is 0 Å². The average molecular weight is 258 g/mol. The third kappa shape index (κ3) is 9.93. The van der Waals surface area contributed by atoms with Gasteiger partial charge in [0.05, 0.1) is 0 Å². The van der Waals surface area contributed by atoms with Gasteiger partial charge < -0.3 is 15.3 Å². The first-order valence-corrected chi connectivity index (χ1v) is 6.64. The van der Waals surface area contributed by atoms with Crippen molar-refractivity contribution < 1.29 is 14.7 Å². The summed E-state index contributed by atoms with van der Waals surface area (Å²) in [5.74, 6) is -0.240. The summed E-state index contributed by atoms with van der Waals surface area (Å²) in [4.78, 5) is 23.0. The van der Waals surface area contributed by atoms with Gasteiger partial charge in [-0.25, -0.2) is 4.79 Å². The predicted molar refractivity (Wildman–Crippen MR) is 71.6 cm³/mol. The summed E-state index contributed by atoms with van der Waals surface area (Å²) >= 11 is 0. The van der Waals surface area contributed by atoms with Crippen molar-refractivity contribution in [2.45, 2.75) is 46.0 Å². The molecule has 0 aliphatic rings. The molecule has 106 valence electrons. The molecule has 0 radical (unpaired) electrons. The Hall–Kier alpha value is -1.26. The monoisotopic (exact) mass is 258 g/mol. The number of carboxylic acids is 1. The zero-order chi connectivity index (χ0) is 14.0. The first-order chi connectivity index (χ1) is 8.43. The molecule has 0 aliphatic carbocycles. The molecule has 0 atom stereocenters. The molecule has 18 heavy (non-hydrogen) atoms. The fraction of sp³-hybridized carbons (Fsp3) is 0.846. The maximum Gasteiger partial charge on any atom is 0.323 e. The molecule has 0 rings (SSSR count). The van der Waals surface area contributed by atoms with Crippen LogP contribution in [-0.4, -0.2) is 42.1 Å². The smallest absolute Gasteiger partial charge is 0.323 e. The number of nitrogens with one attached hydrogen (secondary N) is 1. The first kappa shape index (κ1) is 16.7. The molecule has 2 N–H and O–H groups in total. The lowest BCUT2D eigenvalue weighted by Crippen LogP contribution is -2.40. The van der Waals surface area contributed by atoms with Gasteiger partial charge in [-0.05, 0) is 12.3 Å². The van der Waals surface area contributed by atoms with Gasteiger partial charge >= 0.3 is 12.0 Å². The van der Waals surface area contributed by atoms with Crippen molar-refractivity contribution in [1.82, 2.24) is 10.2 Å². The fourth-order valence-electron chi connectivity index (χ4n) is 1.64. The van der Waals surface area contributed by atoms with E-state index in [2.05, 4.69) is 19.2 Å². The number of rotatable bonds is 9. The third-order valence-electron chi connectivity index (χ3n) is 2.70. The molecule has 0 saturated carbocycles. The van der Waals surface area contributed by atoms with E-state index in [1.54, 1.807) is 0 Å². The zero-order valence-electron chi connectivity index (χ0n) is 11.7. The quantitative estimate of drug-likeness (QED) is 0.623. The molecule has 0 aromatic rings. The third-order valence-corrected chi connectivity index (χ3v) is 2.70. The minimum absolute atomic E-state index is 0.264. The molecule has 2 amide bonds. The Labute approximate surface area is 110 Å². The van der Waals surface area contributed by atoms with E-state index in [9.17, 15) is 9.59 Å². The van der Waals surface area contributed by atoms with Crippen LogP contribution >= 0.6 is 0 Å². The predicted octanol–water partition coefficient (Wildman–Crippen LogP) is 2.32. The number of nitrogens with zero attached hydrogens (tertiary/aromatic N) is 1. The van der Waals surface area contributed by atoms with E-state index in [0.29, 0.717) is 6.54 Å². The Morgan fingerprint density at radius 1 is 1.17 bits per heavy atom. The molecule has 0 bridgehead atoms. The summed E-state index contributed by atoms with van der Waals surface area (Å²) in [7, 11) is 1.48. The van der Waals surface area contributed by atoms with Gasteiger partial charge in [0.25, 0.3) is 0 Å². The molecule has 0 aliphatic heterocycles. The highest BCUT2D eigenvalue weighted by atomic mass is 16.4. The number of aliphatic carboxylic acids is 1. The number of likely N-dealkylation sites (N-methyl/N-ethyl adjacent to an activating group) is 1. The number of urea groups is 1. The summed E-state index contributed by atoms with van der Waals surface area (Å²) in [6.07, 6.45) is 5.75. The van der Waals surface area contributed by atoms with Crippen LogP contribution in [0.25, 0.3) is 0 Å². The van der Waals surface area contributed by atoms with Crippen LogP contribution in [0, 0.1) is 5.92 Å². The van der Waals surface area contributed by atoms with E-state index in [1.807, 2.05) is 0 Å². The molecule has 5 nitrogen and oxygen atoms in total. The van der Waals surface area contributed by atoms with E-state index >= 15 is 0 Å². The largest absolute Gasteiger partial charge is 0.480 e. The number of carboxylic acid groups (broad SMARTS) is 1. The van der Waals surface area contributed by atoms with Crippen molar-refractivity contribution in [1.29, 1.82) is 0 Å². The van der Waals surface area contributed by atoms with Gasteiger partial charge in [0.15, 0.2) is 0 Å². The molecule has 0 spiro atoms. The number of carbonyl (C=O) groups is 2. The van der Waals surface area contributed by atoms with Crippen LogP contribution in [-0.2, 0) is 4.79 Å². The molecule has 0 aromatic carbocycles. The summed E-state index contributed by atoms with van der Waals surface area (Å²) in [6, 6.07) is -0.320. The van der Waals surface area contributed by atoms with E-state index in [1.165, 1.54) is 31.2 Å². The highest BCUT2D eigenvalue weighted by molar-refractivity contribution is 5.79. The number of hydrogen-bond donors (Lipinski definition) is 2. The van der Waals surface area contributed by atoms with Crippen LogP contribution in [0.3, 0.4) is 0 Å². The van der Waals surface area contributed by atoms with Gasteiger partial charge in [0.2, 0.25) is 0 Å². The standard InChI is InChI=1S/C13H26N2O3/c1-11(2)8-6-4-5-7-9-14-13(18)15(3)10-12(16)17/h11H,4-10H2,1-3H3,(H,14,18)(H,16,17). The van der Waals surface area contributed by atoms with Crippen molar-refractivity contribution in [3.05, 3.63) is 0 Å². The zero-order valence-corrected chi connectivity index (χ0v) is 11.7. The minimum atomic E-state index is -0.999. The normalized spacial score (nSPS) is 10.4. The maximum atomic E-state index is 11.4. The second-order valence-corrected chi connectivity index (χ2v) is 5.08. The second-order valence-electron chi connectivity index (χ2n) is 5.08. The van der Waals surface area contributed by atoms with E-state index < -0.39 is 5.97 Å². The van der Waals surface area contributed by atoms with Crippen molar-refractivity contribution in [3.63, 3.8) is 0 Å². The van der Waals surface area contributed by atoms with Gasteiger partial charge in [-0.15, -0.1) is 0 Å². The van der Waals surface area contributed by atoms with Crippen LogP contribution in [0.2, 0.25) is 0 Å². The Bertz CT molecular complexity index is 255. The van der Waals surface area contributed by atoms with Crippen molar-refractivity contribution >= 4 is 12.0 Å². The second kappa shape index (κ2) is 9.74. The number of unbranched alkanes of at least 4 members (excludes halogenated alkanes) is 3. The first-order valence-electron chi connectivity index (χ1n) is 6.64. The number of amides is 2.